The smallest absolute Gasteiger partial charge is 0.336 e. The van der Waals surface area contributed by atoms with Crippen molar-refractivity contribution in [1.29, 1.82) is 0 Å². The second kappa shape index (κ2) is 5.31. The largest absolute Gasteiger partial charge is 0.478 e. The van der Waals surface area contributed by atoms with Crippen LogP contribution in [0.15, 0.2) is 17.0 Å². The highest BCUT2D eigenvalue weighted by molar-refractivity contribution is 7.86. The van der Waals surface area contributed by atoms with E-state index >= 15 is 0 Å². The number of amides is 2. The summed E-state index contributed by atoms with van der Waals surface area (Å²) >= 11 is 0. The van der Waals surface area contributed by atoms with Gasteiger partial charge in [0.15, 0.2) is 6.29 Å². The zero-order valence-corrected chi connectivity index (χ0v) is 11.7. The third kappa shape index (κ3) is 2.49. The molecule has 1 fully saturated rings. The van der Waals surface area contributed by atoms with Crippen LogP contribution < -0.4 is 4.90 Å². The maximum Gasteiger partial charge on any atom is 0.336 e. The van der Waals surface area contributed by atoms with E-state index in [1.54, 1.807) is 0 Å². The van der Waals surface area contributed by atoms with Gasteiger partial charge in [-0.2, -0.15) is 8.42 Å². The molecule has 1 aliphatic heterocycles. The number of hydrogen-bond acceptors (Lipinski definition) is 6. The minimum absolute atomic E-state index is 0.0202. The van der Waals surface area contributed by atoms with Crippen LogP contribution in [0.4, 0.5) is 5.69 Å². The summed E-state index contributed by atoms with van der Waals surface area (Å²) in [6, 6.07) is 1.52. The number of carboxylic acid groups (broad SMARTS) is 1. The van der Waals surface area contributed by atoms with Gasteiger partial charge < -0.3 is 5.11 Å². The number of rotatable bonds is 4. The fraction of sp³-hybridized carbons (Fsp3) is 0.167. The number of anilines is 1. The van der Waals surface area contributed by atoms with Crippen LogP contribution >= 0.6 is 0 Å². The highest BCUT2D eigenvalue weighted by Crippen LogP contribution is 2.34. The lowest BCUT2D eigenvalue weighted by Gasteiger charge is -2.19. The van der Waals surface area contributed by atoms with Crippen molar-refractivity contribution < 1.29 is 37.3 Å². The highest BCUT2D eigenvalue weighted by Gasteiger charge is 2.37. The predicted molar refractivity (Wildman–Crippen MR) is 70.3 cm³/mol. The molecule has 1 aromatic rings. The molecule has 10 heteroatoms. The molecule has 116 valence electrons. The van der Waals surface area contributed by atoms with Gasteiger partial charge in [0, 0.05) is 12.8 Å². The normalized spacial score (nSPS) is 15.2. The maximum absolute atomic E-state index is 11.8. The Kier molecular flexibility index (Phi) is 3.81. The van der Waals surface area contributed by atoms with Crippen molar-refractivity contribution in [3.05, 3.63) is 23.3 Å². The summed E-state index contributed by atoms with van der Waals surface area (Å²) in [6.07, 6.45) is -0.398. The number of hydrogen-bond donors (Lipinski definition) is 2. The summed E-state index contributed by atoms with van der Waals surface area (Å²) in [6.45, 7) is 0. The van der Waals surface area contributed by atoms with Crippen molar-refractivity contribution in [3.63, 3.8) is 0 Å². The lowest BCUT2D eigenvalue weighted by Crippen LogP contribution is -2.31. The van der Waals surface area contributed by atoms with Crippen LogP contribution in [0.5, 0.6) is 0 Å². The van der Waals surface area contributed by atoms with Crippen molar-refractivity contribution in [2.75, 3.05) is 4.90 Å². The van der Waals surface area contributed by atoms with Crippen molar-refractivity contribution in [2.24, 2.45) is 0 Å². The van der Waals surface area contributed by atoms with Crippen LogP contribution in [-0.2, 0) is 19.7 Å². The summed E-state index contributed by atoms with van der Waals surface area (Å²) < 4.78 is 32.0. The van der Waals surface area contributed by atoms with Crippen molar-refractivity contribution in [1.82, 2.24) is 0 Å². The molecular weight excluding hydrogens is 318 g/mol. The molecule has 0 radical (unpaired) electrons. The molecule has 0 bridgehead atoms. The number of carbonyl (C=O) groups is 4. The van der Waals surface area contributed by atoms with Gasteiger partial charge in [0.25, 0.3) is 10.1 Å². The number of aromatic carboxylic acids is 1. The van der Waals surface area contributed by atoms with Crippen molar-refractivity contribution in [3.8, 4) is 0 Å². The first-order chi connectivity index (χ1) is 10.2. The monoisotopic (exact) mass is 327 g/mol. The zero-order chi connectivity index (χ0) is 16.7. The van der Waals surface area contributed by atoms with Crippen LogP contribution in [0.2, 0.25) is 0 Å². The molecule has 1 aliphatic rings. The number of imide groups is 1. The summed E-state index contributed by atoms with van der Waals surface area (Å²) in [7, 11) is -4.89. The number of aldehydes is 1. The average molecular weight is 327 g/mol. The molecule has 0 unspecified atom stereocenters. The van der Waals surface area contributed by atoms with Gasteiger partial charge in [0.2, 0.25) is 11.8 Å². The molecule has 0 saturated carbocycles. The molecule has 1 heterocycles. The summed E-state index contributed by atoms with van der Waals surface area (Å²) in [5, 5.41) is 9.03. The van der Waals surface area contributed by atoms with E-state index in [-0.39, 0.29) is 19.1 Å². The molecule has 2 rings (SSSR count). The molecule has 0 atom stereocenters. The summed E-state index contributed by atoms with van der Waals surface area (Å²) in [4.78, 5) is 45.4. The fourth-order valence-electron chi connectivity index (χ4n) is 2.16. The van der Waals surface area contributed by atoms with Gasteiger partial charge in [-0.25, -0.2) is 9.69 Å². The van der Waals surface area contributed by atoms with Crippen LogP contribution in [0.1, 0.15) is 33.6 Å². The third-order valence-corrected chi connectivity index (χ3v) is 3.97. The van der Waals surface area contributed by atoms with Gasteiger partial charge in [-0.3, -0.25) is 18.9 Å². The molecule has 2 amide bonds. The Morgan fingerprint density at radius 3 is 2.14 bits per heavy atom. The molecule has 0 aliphatic carbocycles. The first kappa shape index (κ1) is 15.8. The first-order valence-corrected chi connectivity index (χ1v) is 7.31. The predicted octanol–water partition coefficient (Wildman–Crippen LogP) is 0.0974. The molecule has 0 aromatic heterocycles. The van der Waals surface area contributed by atoms with Gasteiger partial charge in [0.05, 0.1) is 16.8 Å². The molecule has 0 spiro atoms. The number of carbonyl (C=O) groups excluding carboxylic acids is 3. The van der Waals surface area contributed by atoms with Gasteiger partial charge >= 0.3 is 5.97 Å². The van der Waals surface area contributed by atoms with Crippen LogP contribution in [0.25, 0.3) is 0 Å². The quantitative estimate of drug-likeness (QED) is 0.449. The minimum atomic E-state index is -4.89. The second-order valence-corrected chi connectivity index (χ2v) is 5.78. The number of nitrogens with zero attached hydrogens (tertiary/aromatic N) is 1. The second-order valence-electron chi connectivity index (χ2n) is 4.39. The van der Waals surface area contributed by atoms with E-state index in [1.165, 1.54) is 0 Å². The molecule has 2 N–H and O–H groups in total. The third-order valence-electron chi connectivity index (χ3n) is 3.08. The Labute approximate surface area is 123 Å². The Balaban J connectivity index is 2.91. The SMILES string of the molecule is O=Cc1c(C(=O)O)ccc(S(=O)(=O)O)c1N1C(=O)CCC1=O. The fourth-order valence-corrected chi connectivity index (χ4v) is 2.84. The maximum atomic E-state index is 11.8. The zero-order valence-electron chi connectivity index (χ0n) is 10.8. The topological polar surface area (TPSA) is 146 Å². The number of benzene rings is 1. The molecular formula is C12H9NO8S. The van der Waals surface area contributed by atoms with Gasteiger partial charge in [0.1, 0.15) is 4.90 Å². The van der Waals surface area contributed by atoms with E-state index in [0.717, 1.165) is 12.1 Å². The van der Waals surface area contributed by atoms with Gasteiger partial charge in [-0.05, 0) is 12.1 Å². The lowest BCUT2D eigenvalue weighted by molar-refractivity contribution is -0.121. The van der Waals surface area contributed by atoms with E-state index in [4.69, 9.17) is 5.11 Å². The van der Waals surface area contributed by atoms with E-state index in [2.05, 4.69) is 0 Å². The van der Waals surface area contributed by atoms with Crippen molar-refractivity contribution >= 4 is 39.9 Å². The Hall–Kier alpha value is -2.59. The Bertz CT molecular complexity index is 795. The van der Waals surface area contributed by atoms with Crippen molar-refractivity contribution in [2.45, 2.75) is 17.7 Å². The minimum Gasteiger partial charge on any atom is -0.478 e. The van der Waals surface area contributed by atoms with Gasteiger partial charge in [-0.1, -0.05) is 0 Å². The standard InChI is InChI=1S/C12H9NO8S/c14-5-7-6(12(17)18)1-2-8(22(19,20)21)11(7)13-9(15)3-4-10(13)16/h1-2,5H,3-4H2,(H,17,18)(H,19,20,21). The highest BCUT2D eigenvalue weighted by atomic mass is 32.2. The van der Waals surface area contributed by atoms with E-state index < -0.39 is 49.6 Å². The van der Waals surface area contributed by atoms with Crippen LogP contribution in [0.3, 0.4) is 0 Å². The lowest BCUT2D eigenvalue weighted by atomic mass is 10.1. The average Bonchev–Trinajstić information content (AvgIpc) is 2.75. The Morgan fingerprint density at radius 2 is 1.73 bits per heavy atom. The number of carboxylic acids is 1. The van der Waals surface area contributed by atoms with E-state index in [9.17, 15) is 32.1 Å². The summed E-state index contributed by atoms with van der Waals surface area (Å²) in [5.74, 6) is -3.13. The molecule has 1 aromatic carbocycles. The van der Waals surface area contributed by atoms with E-state index in [0.29, 0.717) is 4.90 Å². The molecule has 22 heavy (non-hydrogen) atoms. The molecule has 9 nitrogen and oxygen atoms in total. The van der Waals surface area contributed by atoms with Crippen LogP contribution in [0, 0.1) is 0 Å². The first-order valence-electron chi connectivity index (χ1n) is 5.87. The van der Waals surface area contributed by atoms with Crippen LogP contribution in [-0.4, -0.2) is 42.1 Å². The van der Waals surface area contributed by atoms with E-state index in [1.807, 2.05) is 0 Å². The summed E-state index contributed by atoms with van der Waals surface area (Å²) in [5.41, 5.74) is -2.00. The molecule has 1 saturated heterocycles. The Morgan fingerprint density at radius 1 is 1.18 bits per heavy atom. The van der Waals surface area contributed by atoms with Gasteiger partial charge in [-0.15, -0.1) is 0 Å².